The van der Waals surface area contributed by atoms with Gasteiger partial charge in [0.2, 0.25) is 0 Å². The Labute approximate surface area is 179 Å². The van der Waals surface area contributed by atoms with Crippen LogP contribution in [0.25, 0.3) is 6.08 Å². The Morgan fingerprint density at radius 3 is 2.17 bits per heavy atom. The Morgan fingerprint density at radius 1 is 0.933 bits per heavy atom. The molecule has 2 aromatic carbocycles. The Kier molecular flexibility index (Phi) is 8.36. The first-order valence-electron chi connectivity index (χ1n) is 10.8. The van der Waals surface area contributed by atoms with E-state index in [0.29, 0.717) is 13.0 Å². The van der Waals surface area contributed by atoms with Crippen LogP contribution in [0.2, 0.25) is 0 Å². The molecular weight excluding hydrogens is 374 g/mol. The van der Waals surface area contributed by atoms with Gasteiger partial charge in [-0.05, 0) is 30.5 Å². The zero-order valence-corrected chi connectivity index (χ0v) is 17.8. The highest BCUT2D eigenvalue weighted by Gasteiger charge is 2.25. The lowest BCUT2D eigenvalue weighted by Gasteiger charge is -2.29. The van der Waals surface area contributed by atoms with Crippen molar-refractivity contribution < 1.29 is 19.4 Å². The van der Waals surface area contributed by atoms with Gasteiger partial charge in [0.25, 0.3) is 5.91 Å². The predicted octanol–water partition coefficient (Wildman–Crippen LogP) is -0.200. The number of rotatable bonds is 9. The van der Waals surface area contributed by atoms with Gasteiger partial charge in [-0.15, -0.1) is 0 Å². The molecule has 1 fully saturated rings. The van der Waals surface area contributed by atoms with E-state index in [1.54, 1.807) is 11.8 Å². The Bertz CT molecular complexity index is 828. The fraction of sp³-hybridized carbons (Fsp3) is 0.360. The number of nitrogens with one attached hydrogen (secondary N) is 3. The first kappa shape index (κ1) is 21.9. The summed E-state index contributed by atoms with van der Waals surface area (Å²) in [4.78, 5) is 27.4. The largest absolute Gasteiger partial charge is 0.341 e. The molecule has 158 valence electrons. The third kappa shape index (κ3) is 7.25. The van der Waals surface area contributed by atoms with Crippen LogP contribution in [-0.4, -0.2) is 57.0 Å². The number of piperazine rings is 1. The highest BCUT2D eigenvalue weighted by Crippen LogP contribution is 2.04. The molecule has 0 radical (unpaired) electrons. The van der Waals surface area contributed by atoms with E-state index in [4.69, 9.17) is 0 Å². The number of Topliss-reactive ketones (excluding diaryl/α,β-unsaturated/α-hetero) is 1. The summed E-state index contributed by atoms with van der Waals surface area (Å²) in [6.45, 7) is 7.07. The molecule has 3 N–H and O–H groups in total. The van der Waals surface area contributed by atoms with E-state index in [0.717, 1.165) is 38.3 Å². The van der Waals surface area contributed by atoms with Gasteiger partial charge in [0.05, 0.1) is 12.6 Å². The number of ketones is 1. The molecule has 1 atom stereocenters. The van der Waals surface area contributed by atoms with E-state index in [9.17, 15) is 9.59 Å². The summed E-state index contributed by atoms with van der Waals surface area (Å²) in [5.41, 5.74) is 2.29. The van der Waals surface area contributed by atoms with Gasteiger partial charge in [-0.1, -0.05) is 66.7 Å². The van der Waals surface area contributed by atoms with Crippen molar-refractivity contribution in [2.75, 3.05) is 39.3 Å². The highest BCUT2D eigenvalue weighted by atomic mass is 16.2. The van der Waals surface area contributed by atoms with Gasteiger partial charge >= 0.3 is 0 Å². The summed E-state index contributed by atoms with van der Waals surface area (Å²) in [6, 6.07) is 19.7. The van der Waals surface area contributed by atoms with Crippen LogP contribution in [-0.2, 0) is 16.0 Å². The topological polar surface area (TPSA) is 55.0 Å². The van der Waals surface area contributed by atoms with E-state index in [1.165, 1.54) is 10.5 Å². The molecule has 5 heteroatoms. The Balaban J connectivity index is 1.39. The number of carbonyl (C=O) groups excluding carboxylic acids is 2. The highest BCUT2D eigenvalue weighted by molar-refractivity contribution is 5.88. The second-order valence-corrected chi connectivity index (χ2v) is 8.11. The quantitative estimate of drug-likeness (QED) is 0.539. The normalized spacial score (nSPS) is 20.0. The number of carbonyl (C=O) groups is 2. The molecule has 1 aliphatic heterocycles. The van der Waals surface area contributed by atoms with E-state index in [2.05, 4.69) is 41.7 Å². The minimum Gasteiger partial charge on any atom is -0.341 e. The molecule has 0 unspecified atom stereocenters. The average Bonchev–Trinajstić information content (AvgIpc) is 2.76. The molecule has 0 aromatic heterocycles. The molecule has 2 aromatic rings. The Hall–Kier alpha value is -2.76. The van der Waals surface area contributed by atoms with E-state index >= 15 is 0 Å². The SMILES string of the molecule is CC(=O)[C@@H](Cc1ccccc1)NC(=O)C[NH+]1CC[NH+](C/C=C/c2ccccc2)CC1. The van der Waals surface area contributed by atoms with Crippen molar-refractivity contribution in [2.24, 2.45) is 0 Å². The van der Waals surface area contributed by atoms with Crippen LogP contribution in [0.1, 0.15) is 18.1 Å². The van der Waals surface area contributed by atoms with Crippen molar-refractivity contribution in [1.29, 1.82) is 0 Å². The molecule has 1 aliphatic rings. The summed E-state index contributed by atoms with van der Waals surface area (Å²) in [5.74, 6) is -0.0322. The van der Waals surface area contributed by atoms with Crippen molar-refractivity contribution in [3.63, 3.8) is 0 Å². The second kappa shape index (κ2) is 11.4. The van der Waals surface area contributed by atoms with Crippen molar-refractivity contribution in [2.45, 2.75) is 19.4 Å². The summed E-state index contributed by atoms with van der Waals surface area (Å²) in [6.07, 6.45) is 4.96. The summed E-state index contributed by atoms with van der Waals surface area (Å²) in [5, 5.41) is 2.95. The minimum atomic E-state index is -0.450. The van der Waals surface area contributed by atoms with Crippen LogP contribution in [0.5, 0.6) is 0 Å². The molecule has 1 amide bonds. The number of amides is 1. The van der Waals surface area contributed by atoms with E-state index in [-0.39, 0.29) is 11.7 Å². The zero-order valence-electron chi connectivity index (χ0n) is 17.8. The molecule has 0 bridgehead atoms. The monoisotopic (exact) mass is 407 g/mol. The van der Waals surface area contributed by atoms with Gasteiger partial charge in [-0.3, -0.25) is 9.59 Å². The standard InChI is InChI=1S/C25H31N3O2/c1-21(29)24(19-23-11-6-3-7-12-23)26-25(30)20-28-17-15-27(16-18-28)14-8-13-22-9-4-2-5-10-22/h2-13,24H,14-20H2,1H3,(H,26,30)/p+2/b13-8+/t24-/m1/s1. The second-order valence-electron chi connectivity index (χ2n) is 8.11. The van der Waals surface area contributed by atoms with Crippen LogP contribution in [0, 0.1) is 0 Å². The van der Waals surface area contributed by atoms with Crippen LogP contribution in [0.15, 0.2) is 66.7 Å². The van der Waals surface area contributed by atoms with Crippen molar-refractivity contribution >= 4 is 17.8 Å². The van der Waals surface area contributed by atoms with Crippen LogP contribution < -0.4 is 15.1 Å². The fourth-order valence-corrected chi connectivity index (χ4v) is 3.88. The maximum Gasteiger partial charge on any atom is 0.275 e. The van der Waals surface area contributed by atoms with Gasteiger partial charge in [-0.2, -0.15) is 0 Å². The molecule has 0 saturated carbocycles. The number of hydrogen-bond acceptors (Lipinski definition) is 2. The Morgan fingerprint density at radius 2 is 1.53 bits per heavy atom. The summed E-state index contributed by atoms with van der Waals surface area (Å²) < 4.78 is 0. The summed E-state index contributed by atoms with van der Waals surface area (Å²) >= 11 is 0. The number of hydrogen-bond donors (Lipinski definition) is 3. The molecule has 3 rings (SSSR count). The lowest BCUT2D eigenvalue weighted by Crippen LogP contribution is -3.28. The first-order chi connectivity index (χ1) is 14.6. The molecule has 1 heterocycles. The van der Waals surface area contributed by atoms with Gasteiger partial charge in [0.1, 0.15) is 26.2 Å². The van der Waals surface area contributed by atoms with Crippen LogP contribution in [0.3, 0.4) is 0 Å². The minimum absolute atomic E-state index is 0.00155. The molecule has 0 aliphatic carbocycles. The third-order valence-electron chi connectivity index (χ3n) is 5.70. The van der Waals surface area contributed by atoms with Gasteiger partial charge < -0.3 is 15.1 Å². The van der Waals surface area contributed by atoms with E-state index < -0.39 is 6.04 Å². The van der Waals surface area contributed by atoms with E-state index in [1.807, 2.05) is 36.4 Å². The third-order valence-corrected chi connectivity index (χ3v) is 5.70. The van der Waals surface area contributed by atoms with Crippen molar-refractivity contribution in [1.82, 2.24) is 5.32 Å². The smallest absolute Gasteiger partial charge is 0.275 e. The number of benzene rings is 2. The van der Waals surface area contributed by atoms with Gasteiger partial charge in [0.15, 0.2) is 12.3 Å². The molecule has 0 spiro atoms. The molecule has 1 saturated heterocycles. The van der Waals surface area contributed by atoms with Crippen molar-refractivity contribution in [3.05, 3.63) is 77.9 Å². The van der Waals surface area contributed by atoms with Crippen molar-refractivity contribution in [3.8, 4) is 0 Å². The maximum atomic E-state index is 12.5. The molecule has 5 nitrogen and oxygen atoms in total. The average molecular weight is 408 g/mol. The van der Waals surface area contributed by atoms with Gasteiger partial charge in [-0.25, -0.2) is 0 Å². The van der Waals surface area contributed by atoms with Crippen LogP contribution >= 0.6 is 0 Å². The lowest BCUT2D eigenvalue weighted by molar-refractivity contribution is -1.01. The van der Waals surface area contributed by atoms with Gasteiger partial charge in [0, 0.05) is 0 Å². The maximum absolute atomic E-state index is 12.5. The van der Waals surface area contributed by atoms with Crippen LogP contribution in [0.4, 0.5) is 0 Å². The summed E-state index contributed by atoms with van der Waals surface area (Å²) in [7, 11) is 0. The predicted molar refractivity (Wildman–Crippen MR) is 119 cm³/mol. The zero-order chi connectivity index (χ0) is 21.2. The molecular formula is C25H33N3O2+2. The molecule has 30 heavy (non-hydrogen) atoms. The first-order valence-corrected chi connectivity index (χ1v) is 10.8. The number of quaternary nitrogens is 2. The lowest BCUT2D eigenvalue weighted by atomic mass is 10.0. The fourth-order valence-electron chi connectivity index (χ4n) is 3.88.